The lowest BCUT2D eigenvalue weighted by Gasteiger charge is -2.20. The second-order valence-corrected chi connectivity index (χ2v) is 7.59. The first-order valence-corrected chi connectivity index (χ1v) is 8.95. The number of hydrogen-bond acceptors (Lipinski definition) is 5. The number of rotatable bonds is 7. The first-order valence-electron chi connectivity index (χ1n) is 6.22. The smallest absolute Gasteiger partial charge is 0.306 e. The highest BCUT2D eigenvalue weighted by atomic mass is 32.2. The maximum absolute atomic E-state index is 12.0. The van der Waals surface area contributed by atoms with Gasteiger partial charge in [-0.1, -0.05) is 0 Å². The molecule has 0 heterocycles. The average molecular weight is 310 g/mol. The molecule has 6 nitrogen and oxygen atoms in total. The van der Waals surface area contributed by atoms with Crippen LogP contribution in [-0.2, 0) is 19.7 Å². The molecule has 1 saturated carbocycles. The highest BCUT2D eigenvalue weighted by Gasteiger charge is 2.29. The molecule has 0 bridgehead atoms. The summed E-state index contributed by atoms with van der Waals surface area (Å²) in [5, 5.41) is 0.535. The van der Waals surface area contributed by atoms with Crippen LogP contribution >= 0.6 is 11.8 Å². The minimum atomic E-state index is -3.51. The van der Waals surface area contributed by atoms with Gasteiger partial charge in [0.2, 0.25) is 0 Å². The van der Waals surface area contributed by atoms with E-state index in [2.05, 4.69) is 9.46 Å². The van der Waals surface area contributed by atoms with E-state index in [1.54, 1.807) is 11.8 Å². The molecular weight excluding hydrogens is 288 g/mol. The Bertz CT molecular complexity index is 399. The van der Waals surface area contributed by atoms with Gasteiger partial charge in [-0.05, 0) is 25.5 Å². The van der Waals surface area contributed by atoms with Crippen molar-refractivity contribution in [1.82, 2.24) is 9.03 Å². The Labute approximate surface area is 119 Å². The molecule has 1 rings (SSSR count). The van der Waals surface area contributed by atoms with Crippen molar-refractivity contribution in [2.45, 2.75) is 37.0 Å². The number of esters is 1. The number of carbonyl (C=O) groups is 1. The molecule has 8 heteroatoms. The van der Waals surface area contributed by atoms with Crippen LogP contribution in [0.3, 0.4) is 0 Å². The van der Waals surface area contributed by atoms with E-state index in [0.717, 1.165) is 23.6 Å². The maximum Gasteiger partial charge on any atom is 0.306 e. The molecule has 0 aromatic heterocycles. The van der Waals surface area contributed by atoms with Crippen LogP contribution in [0.1, 0.15) is 25.7 Å². The van der Waals surface area contributed by atoms with Gasteiger partial charge in [0.1, 0.15) is 0 Å². The zero-order valence-corrected chi connectivity index (χ0v) is 13.2. The third-order valence-electron chi connectivity index (χ3n) is 3.30. The van der Waals surface area contributed by atoms with Gasteiger partial charge in [-0.3, -0.25) is 4.79 Å². The van der Waals surface area contributed by atoms with Crippen molar-refractivity contribution in [2.24, 2.45) is 0 Å². The van der Waals surface area contributed by atoms with Crippen molar-refractivity contribution in [1.29, 1.82) is 0 Å². The normalized spacial score (nSPS) is 23.8. The van der Waals surface area contributed by atoms with Crippen LogP contribution in [0.2, 0.25) is 0 Å². The Morgan fingerprint density at radius 2 is 2.16 bits per heavy atom. The predicted octanol–water partition coefficient (Wildman–Crippen LogP) is 0.600. The van der Waals surface area contributed by atoms with Crippen LogP contribution in [0.4, 0.5) is 0 Å². The second-order valence-electron chi connectivity index (χ2n) is 4.64. The van der Waals surface area contributed by atoms with Crippen molar-refractivity contribution in [3.05, 3.63) is 0 Å². The molecule has 0 aromatic carbocycles. The summed E-state index contributed by atoms with van der Waals surface area (Å²) in [6.07, 6.45) is 4.89. The van der Waals surface area contributed by atoms with Crippen molar-refractivity contribution < 1.29 is 17.9 Å². The molecular formula is C11H22N2O4S2. The number of nitrogens with zero attached hydrogens (tertiary/aromatic N) is 1. The minimum Gasteiger partial charge on any atom is -0.469 e. The van der Waals surface area contributed by atoms with Crippen LogP contribution in [-0.4, -0.2) is 56.9 Å². The Kier molecular flexibility index (Phi) is 6.58. The highest BCUT2D eigenvalue weighted by Crippen LogP contribution is 2.28. The fourth-order valence-electron chi connectivity index (χ4n) is 2.03. The molecule has 0 amide bonds. The quantitative estimate of drug-likeness (QED) is 0.697. The Balaban J connectivity index is 2.44. The molecule has 0 radical (unpaired) electrons. The van der Waals surface area contributed by atoms with Crippen LogP contribution in [0, 0.1) is 0 Å². The van der Waals surface area contributed by atoms with Crippen LogP contribution < -0.4 is 4.72 Å². The summed E-state index contributed by atoms with van der Waals surface area (Å²) < 4.78 is 32.4. The molecule has 0 saturated heterocycles. The lowest BCUT2D eigenvalue weighted by atomic mass is 10.3. The van der Waals surface area contributed by atoms with Crippen LogP contribution in [0.5, 0.6) is 0 Å². The standard InChI is InChI=1S/C11H22N2O4S2/c1-13(7-6-11(14)17-2)19(15,16)12-9-4-5-10(8-9)18-3/h9-10,12H,4-8H2,1-3H3. The number of hydrogen-bond donors (Lipinski definition) is 1. The molecule has 0 aliphatic heterocycles. The number of carbonyl (C=O) groups excluding carboxylic acids is 1. The highest BCUT2D eigenvalue weighted by molar-refractivity contribution is 7.99. The summed E-state index contributed by atoms with van der Waals surface area (Å²) in [5.41, 5.74) is 0. The largest absolute Gasteiger partial charge is 0.469 e. The van der Waals surface area contributed by atoms with Gasteiger partial charge >= 0.3 is 5.97 Å². The topological polar surface area (TPSA) is 75.7 Å². The minimum absolute atomic E-state index is 0.00280. The molecule has 19 heavy (non-hydrogen) atoms. The molecule has 1 N–H and O–H groups in total. The maximum atomic E-state index is 12.0. The third-order valence-corrected chi connectivity index (χ3v) is 6.03. The van der Waals surface area contributed by atoms with Gasteiger partial charge in [0.15, 0.2) is 0 Å². The molecule has 1 aliphatic rings. The van der Waals surface area contributed by atoms with E-state index in [0.29, 0.717) is 5.25 Å². The van der Waals surface area contributed by atoms with Crippen LogP contribution in [0.15, 0.2) is 0 Å². The number of ether oxygens (including phenoxy) is 1. The summed E-state index contributed by atoms with van der Waals surface area (Å²) in [7, 11) is -0.761. The average Bonchev–Trinajstić information content (AvgIpc) is 2.82. The van der Waals surface area contributed by atoms with Gasteiger partial charge in [0.25, 0.3) is 10.2 Å². The summed E-state index contributed by atoms with van der Waals surface area (Å²) in [4.78, 5) is 11.0. The van der Waals surface area contributed by atoms with Crippen molar-refractivity contribution in [3.8, 4) is 0 Å². The summed E-state index contributed by atoms with van der Waals surface area (Å²) in [6.45, 7) is 0.126. The van der Waals surface area contributed by atoms with E-state index in [4.69, 9.17) is 0 Å². The SMILES string of the molecule is COC(=O)CCN(C)S(=O)(=O)NC1CCC(SC)C1. The van der Waals surface area contributed by atoms with Gasteiger partial charge in [0.05, 0.1) is 13.5 Å². The van der Waals surface area contributed by atoms with E-state index in [-0.39, 0.29) is 19.0 Å². The summed E-state index contributed by atoms with van der Waals surface area (Å²) >= 11 is 1.78. The van der Waals surface area contributed by atoms with E-state index < -0.39 is 16.2 Å². The second kappa shape index (κ2) is 7.47. The zero-order chi connectivity index (χ0) is 14.5. The van der Waals surface area contributed by atoms with Gasteiger partial charge in [-0.2, -0.15) is 29.2 Å². The first kappa shape index (κ1) is 16.7. The fourth-order valence-corrected chi connectivity index (χ4v) is 3.98. The molecule has 0 aromatic rings. The monoisotopic (exact) mass is 310 g/mol. The van der Waals surface area contributed by atoms with Crippen LogP contribution in [0.25, 0.3) is 0 Å². The summed E-state index contributed by atoms with van der Waals surface area (Å²) in [5.74, 6) is -0.412. The summed E-state index contributed by atoms with van der Waals surface area (Å²) in [6, 6.07) is 0.00280. The number of nitrogens with one attached hydrogen (secondary N) is 1. The zero-order valence-electron chi connectivity index (χ0n) is 11.6. The van der Waals surface area contributed by atoms with E-state index in [9.17, 15) is 13.2 Å². The van der Waals surface area contributed by atoms with Gasteiger partial charge < -0.3 is 4.74 Å². The lowest BCUT2D eigenvalue weighted by Crippen LogP contribution is -2.43. The Hall–Kier alpha value is -0.310. The molecule has 0 spiro atoms. The van der Waals surface area contributed by atoms with Gasteiger partial charge in [-0.25, -0.2) is 0 Å². The molecule has 1 fully saturated rings. The molecule has 1 aliphatic carbocycles. The molecule has 112 valence electrons. The molecule has 2 unspecified atom stereocenters. The predicted molar refractivity (Wildman–Crippen MR) is 76.3 cm³/mol. The fraction of sp³-hybridized carbons (Fsp3) is 0.909. The first-order chi connectivity index (χ1) is 8.89. The third kappa shape index (κ3) is 5.29. The van der Waals surface area contributed by atoms with Crippen molar-refractivity contribution in [2.75, 3.05) is 27.0 Å². The van der Waals surface area contributed by atoms with Crippen molar-refractivity contribution >= 4 is 27.9 Å². The van der Waals surface area contributed by atoms with E-state index in [1.807, 2.05) is 6.26 Å². The lowest BCUT2D eigenvalue weighted by molar-refractivity contribution is -0.140. The number of thioether (sulfide) groups is 1. The van der Waals surface area contributed by atoms with E-state index >= 15 is 0 Å². The van der Waals surface area contributed by atoms with E-state index in [1.165, 1.54) is 14.2 Å². The Morgan fingerprint density at radius 1 is 1.47 bits per heavy atom. The molecule has 2 atom stereocenters. The van der Waals surface area contributed by atoms with Gasteiger partial charge in [0, 0.05) is 24.9 Å². The van der Waals surface area contributed by atoms with Gasteiger partial charge in [-0.15, -0.1) is 0 Å². The Morgan fingerprint density at radius 3 is 2.68 bits per heavy atom. The number of methoxy groups -OCH3 is 1. The van der Waals surface area contributed by atoms with Crippen molar-refractivity contribution in [3.63, 3.8) is 0 Å².